The van der Waals surface area contributed by atoms with Gasteiger partial charge in [-0.1, -0.05) is 19.1 Å². The number of thiocarbonyl (C=S) groups is 1. The van der Waals surface area contributed by atoms with Crippen LogP contribution in [0, 0.1) is 0 Å². The molecule has 0 aliphatic rings. The first-order valence-electron chi connectivity index (χ1n) is 4.09. The molecule has 0 saturated heterocycles. The number of hydrogen-bond donors (Lipinski definition) is 1. The summed E-state index contributed by atoms with van der Waals surface area (Å²) in [5, 5.41) is 0. The predicted octanol–water partition coefficient (Wildman–Crippen LogP) is 2.86. The smallest absolute Gasteiger partial charge is 0.119 e. The summed E-state index contributed by atoms with van der Waals surface area (Å²) in [7, 11) is 1.66. The van der Waals surface area contributed by atoms with Crippen molar-refractivity contribution in [2.75, 3.05) is 7.11 Å². The van der Waals surface area contributed by atoms with E-state index in [1.165, 1.54) is 5.56 Å². The van der Waals surface area contributed by atoms with Gasteiger partial charge in [0.15, 0.2) is 0 Å². The zero-order valence-electron chi connectivity index (χ0n) is 7.70. The van der Waals surface area contributed by atoms with Gasteiger partial charge in [0, 0.05) is 5.56 Å². The summed E-state index contributed by atoms with van der Waals surface area (Å²) >= 11 is 9.18. The van der Waals surface area contributed by atoms with Crippen LogP contribution in [0.3, 0.4) is 0 Å². The minimum atomic E-state index is 0.638. The van der Waals surface area contributed by atoms with E-state index in [1.807, 2.05) is 18.2 Å². The van der Waals surface area contributed by atoms with E-state index in [4.69, 9.17) is 17.0 Å². The summed E-state index contributed by atoms with van der Waals surface area (Å²) in [6.07, 6.45) is 0.938. The second kappa shape index (κ2) is 4.63. The number of benzene rings is 1. The molecular weight excluding hydrogens is 200 g/mol. The van der Waals surface area contributed by atoms with Crippen molar-refractivity contribution in [3.05, 3.63) is 29.3 Å². The molecule has 0 unspecified atom stereocenters. The molecule has 0 bridgehead atoms. The number of methoxy groups -OCH3 is 1. The Balaban J connectivity index is 3.15. The molecule has 0 saturated carbocycles. The lowest BCUT2D eigenvalue weighted by Gasteiger charge is -2.07. The van der Waals surface area contributed by atoms with Gasteiger partial charge < -0.3 is 4.74 Å². The predicted molar refractivity (Wildman–Crippen MR) is 63.1 cm³/mol. The molecule has 1 nitrogen and oxygen atoms in total. The highest BCUT2D eigenvalue weighted by Gasteiger charge is 2.04. The van der Waals surface area contributed by atoms with Crippen LogP contribution in [-0.4, -0.2) is 11.3 Å². The molecule has 0 fully saturated rings. The summed E-state index contributed by atoms with van der Waals surface area (Å²) in [4.78, 5) is 0. The molecule has 0 radical (unpaired) electrons. The molecule has 13 heavy (non-hydrogen) atoms. The van der Waals surface area contributed by atoms with Gasteiger partial charge >= 0.3 is 0 Å². The summed E-state index contributed by atoms with van der Waals surface area (Å²) in [6, 6.07) is 5.85. The van der Waals surface area contributed by atoms with Crippen LogP contribution in [0.1, 0.15) is 18.1 Å². The Hall–Kier alpha value is -0.540. The minimum absolute atomic E-state index is 0.638. The van der Waals surface area contributed by atoms with Crippen molar-refractivity contribution < 1.29 is 4.74 Å². The van der Waals surface area contributed by atoms with Gasteiger partial charge in [0.1, 0.15) is 5.75 Å². The van der Waals surface area contributed by atoms with Gasteiger partial charge in [-0.2, -0.15) is 0 Å². The van der Waals surface area contributed by atoms with E-state index in [-0.39, 0.29) is 0 Å². The molecule has 0 aliphatic carbocycles. The van der Waals surface area contributed by atoms with E-state index in [9.17, 15) is 0 Å². The maximum Gasteiger partial charge on any atom is 0.119 e. The zero-order chi connectivity index (χ0) is 9.84. The van der Waals surface area contributed by atoms with E-state index in [1.54, 1.807) is 7.11 Å². The molecule has 0 N–H and O–H groups in total. The number of ether oxygens (including phenoxy) is 1. The van der Waals surface area contributed by atoms with Gasteiger partial charge in [-0.05, 0) is 30.2 Å². The molecule has 0 heterocycles. The molecule has 1 aromatic rings. The fourth-order valence-corrected chi connectivity index (χ4v) is 1.62. The van der Waals surface area contributed by atoms with Crippen molar-refractivity contribution in [3.8, 4) is 5.75 Å². The Labute approximate surface area is 89.5 Å². The topological polar surface area (TPSA) is 9.23 Å². The average molecular weight is 212 g/mol. The average Bonchev–Trinajstić information content (AvgIpc) is 2.16. The van der Waals surface area contributed by atoms with Gasteiger partial charge in [-0.25, -0.2) is 0 Å². The molecule has 1 rings (SSSR count). The van der Waals surface area contributed by atoms with Crippen molar-refractivity contribution in [2.24, 2.45) is 0 Å². The van der Waals surface area contributed by atoms with E-state index in [0.717, 1.165) is 17.7 Å². The maximum atomic E-state index is 5.12. The van der Waals surface area contributed by atoms with Gasteiger partial charge in [0.05, 0.1) is 11.3 Å². The monoisotopic (exact) mass is 212 g/mol. The van der Waals surface area contributed by atoms with E-state index in [2.05, 4.69) is 19.6 Å². The Morgan fingerprint density at radius 2 is 2.23 bits per heavy atom. The molecule has 0 spiro atoms. The molecule has 3 heteroatoms. The second-order valence-electron chi connectivity index (χ2n) is 2.68. The Bertz CT molecular complexity index is 321. The van der Waals surface area contributed by atoms with Crippen LogP contribution < -0.4 is 4.74 Å². The molecule has 0 amide bonds. The number of rotatable bonds is 3. The maximum absolute atomic E-state index is 5.12. The zero-order valence-corrected chi connectivity index (χ0v) is 9.41. The molecule has 0 aromatic heterocycles. The third-order valence-corrected chi connectivity index (χ3v) is 2.38. The Morgan fingerprint density at radius 1 is 1.54 bits per heavy atom. The van der Waals surface area contributed by atoms with Crippen LogP contribution in [0.4, 0.5) is 0 Å². The first-order chi connectivity index (χ1) is 6.19. The highest BCUT2D eigenvalue weighted by Crippen LogP contribution is 2.20. The van der Waals surface area contributed by atoms with Crippen LogP contribution >= 0.6 is 24.8 Å². The van der Waals surface area contributed by atoms with E-state index in [0.29, 0.717) is 4.20 Å². The SMILES string of the molecule is CCc1cc(OC)ccc1C(=S)S. The fraction of sp³-hybridized carbons (Fsp3) is 0.300. The number of aryl methyl sites for hydroxylation is 1. The first kappa shape index (κ1) is 10.5. The van der Waals surface area contributed by atoms with Crippen molar-refractivity contribution in [1.82, 2.24) is 0 Å². The van der Waals surface area contributed by atoms with Gasteiger partial charge in [-0.3, -0.25) is 0 Å². The van der Waals surface area contributed by atoms with Crippen LogP contribution in [0.25, 0.3) is 0 Å². The quantitative estimate of drug-likeness (QED) is 0.609. The summed E-state index contributed by atoms with van der Waals surface area (Å²) in [5.41, 5.74) is 2.21. The Morgan fingerprint density at radius 3 is 2.69 bits per heavy atom. The van der Waals surface area contributed by atoms with Crippen LogP contribution in [0.2, 0.25) is 0 Å². The largest absolute Gasteiger partial charge is 0.497 e. The summed E-state index contributed by atoms with van der Waals surface area (Å²) < 4.78 is 5.76. The summed E-state index contributed by atoms with van der Waals surface area (Å²) in [5.74, 6) is 0.866. The molecule has 1 aromatic carbocycles. The summed E-state index contributed by atoms with van der Waals surface area (Å²) in [6.45, 7) is 2.09. The molecule has 0 aliphatic heterocycles. The van der Waals surface area contributed by atoms with Gasteiger partial charge in [0.25, 0.3) is 0 Å². The normalized spacial score (nSPS) is 9.77. The highest BCUT2D eigenvalue weighted by atomic mass is 32.1. The Kier molecular flexibility index (Phi) is 3.75. The van der Waals surface area contributed by atoms with Crippen LogP contribution in [-0.2, 0) is 6.42 Å². The third kappa shape index (κ3) is 2.45. The van der Waals surface area contributed by atoms with Crippen molar-refractivity contribution >= 4 is 29.0 Å². The number of thiol groups is 1. The lowest BCUT2D eigenvalue weighted by Crippen LogP contribution is -1.96. The highest BCUT2D eigenvalue weighted by molar-refractivity contribution is 8.11. The molecule has 0 atom stereocenters. The molecular formula is C10H12OS2. The standard InChI is InChI=1S/C10H12OS2/c1-3-7-6-8(11-2)4-5-9(7)10(12)13/h4-6H,3H2,1-2H3,(H,12,13). The van der Waals surface area contributed by atoms with E-state index >= 15 is 0 Å². The van der Waals surface area contributed by atoms with Crippen LogP contribution in [0.15, 0.2) is 18.2 Å². The number of hydrogen-bond acceptors (Lipinski definition) is 2. The van der Waals surface area contributed by atoms with Gasteiger partial charge in [-0.15, -0.1) is 12.6 Å². The van der Waals surface area contributed by atoms with E-state index < -0.39 is 0 Å². The van der Waals surface area contributed by atoms with Crippen molar-refractivity contribution in [3.63, 3.8) is 0 Å². The van der Waals surface area contributed by atoms with Crippen molar-refractivity contribution in [1.29, 1.82) is 0 Å². The lowest BCUT2D eigenvalue weighted by molar-refractivity contribution is 0.414. The van der Waals surface area contributed by atoms with Crippen molar-refractivity contribution in [2.45, 2.75) is 13.3 Å². The van der Waals surface area contributed by atoms with Gasteiger partial charge in [0.2, 0.25) is 0 Å². The van der Waals surface area contributed by atoms with Crippen LogP contribution in [0.5, 0.6) is 5.75 Å². The second-order valence-corrected chi connectivity index (χ2v) is 3.84. The fourth-order valence-electron chi connectivity index (χ4n) is 1.20. The molecule has 70 valence electrons. The minimum Gasteiger partial charge on any atom is -0.497 e. The lowest BCUT2D eigenvalue weighted by atomic mass is 10.1. The first-order valence-corrected chi connectivity index (χ1v) is 4.94. The third-order valence-electron chi connectivity index (χ3n) is 1.92.